The number of hydrogen-bond donors (Lipinski definition) is 3. The molecule has 1 aromatic carbocycles. The molecular weight excluding hydrogens is 264 g/mol. The second-order valence-electron chi connectivity index (χ2n) is 3.76. The molecule has 0 unspecified atom stereocenters. The van der Waals surface area contributed by atoms with Crippen molar-refractivity contribution in [2.45, 2.75) is 5.75 Å². The Bertz CT molecular complexity index is 491. The molecule has 4 nitrogen and oxygen atoms in total. The summed E-state index contributed by atoms with van der Waals surface area (Å²) < 4.78 is 0. The number of aromatic nitrogens is 2. The van der Waals surface area contributed by atoms with E-state index in [1.165, 1.54) is 0 Å². The molecule has 0 aliphatic rings. The summed E-state index contributed by atoms with van der Waals surface area (Å²) >= 11 is 6.82. The fraction of sp³-hybridized carbons (Fsp3) is 0.333. The molecule has 3 N–H and O–H groups in total. The molecule has 2 rings (SSSR count). The van der Waals surface area contributed by atoms with E-state index in [0.29, 0.717) is 5.11 Å². The lowest BCUT2D eigenvalue weighted by Crippen LogP contribution is -2.33. The quantitative estimate of drug-likeness (QED) is 0.577. The van der Waals surface area contributed by atoms with Gasteiger partial charge in [0.05, 0.1) is 16.8 Å². The molecule has 0 spiro atoms. The summed E-state index contributed by atoms with van der Waals surface area (Å²) in [4.78, 5) is 7.84. The SMILES string of the molecule is CNC(=S)NCCSCc1nc2ccccc2[nH]1. The van der Waals surface area contributed by atoms with E-state index in [0.717, 1.165) is 34.9 Å². The van der Waals surface area contributed by atoms with E-state index in [2.05, 4.69) is 20.6 Å². The number of fused-ring (bicyclic) bond motifs is 1. The Morgan fingerprint density at radius 2 is 2.28 bits per heavy atom. The number of imidazole rings is 1. The number of benzene rings is 1. The number of hydrogen-bond acceptors (Lipinski definition) is 3. The van der Waals surface area contributed by atoms with Crippen molar-refractivity contribution in [3.63, 3.8) is 0 Å². The molecule has 0 bridgehead atoms. The van der Waals surface area contributed by atoms with Gasteiger partial charge in [0, 0.05) is 19.3 Å². The van der Waals surface area contributed by atoms with Gasteiger partial charge < -0.3 is 15.6 Å². The summed E-state index contributed by atoms with van der Waals surface area (Å²) in [6, 6.07) is 8.08. The Hall–Kier alpha value is -1.27. The fourth-order valence-corrected chi connectivity index (χ4v) is 2.39. The van der Waals surface area contributed by atoms with Gasteiger partial charge >= 0.3 is 0 Å². The van der Waals surface area contributed by atoms with Gasteiger partial charge in [-0.1, -0.05) is 12.1 Å². The van der Waals surface area contributed by atoms with Crippen LogP contribution in [0.1, 0.15) is 5.82 Å². The number of thiocarbonyl (C=S) groups is 1. The van der Waals surface area contributed by atoms with E-state index in [-0.39, 0.29) is 0 Å². The van der Waals surface area contributed by atoms with Crippen molar-refractivity contribution in [1.82, 2.24) is 20.6 Å². The second kappa shape index (κ2) is 6.61. The Labute approximate surface area is 116 Å². The maximum Gasteiger partial charge on any atom is 0.166 e. The topological polar surface area (TPSA) is 52.7 Å². The molecule has 6 heteroatoms. The minimum absolute atomic E-state index is 0.694. The molecule has 0 aliphatic carbocycles. The fourth-order valence-electron chi connectivity index (χ4n) is 1.57. The van der Waals surface area contributed by atoms with E-state index >= 15 is 0 Å². The average Bonchev–Trinajstić information content (AvgIpc) is 2.80. The minimum Gasteiger partial charge on any atom is -0.366 e. The maximum atomic E-state index is 4.99. The lowest BCUT2D eigenvalue weighted by atomic mass is 10.3. The Kier molecular flexibility index (Phi) is 4.83. The Morgan fingerprint density at radius 1 is 1.44 bits per heavy atom. The van der Waals surface area contributed by atoms with Crippen LogP contribution in [-0.2, 0) is 5.75 Å². The van der Waals surface area contributed by atoms with Crippen LogP contribution in [-0.4, -0.2) is 34.4 Å². The van der Waals surface area contributed by atoms with Crippen molar-refractivity contribution in [2.75, 3.05) is 19.3 Å². The predicted molar refractivity (Wildman–Crippen MR) is 81.9 cm³/mol. The molecular formula is C12H16N4S2. The summed E-state index contributed by atoms with van der Waals surface area (Å²) in [5.41, 5.74) is 2.13. The third kappa shape index (κ3) is 3.61. The lowest BCUT2D eigenvalue weighted by Gasteiger charge is -2.05. The van der Waals surface area contributed by atoms with Crippen LogP contribution in [0.2, 0.25) is 0 Å². The molecule has 18 heavy (non-hydrogen) atoms. The van der Waals surface area contributed by atoms with Crippen LogP contribution < -0.4 is 10.6 Å². The summed E-state index contributed by atoms with van der Waals surface area (Å²) in [6.45, 7) is 0.866. The van der Waals surface area contributed by atoms with Crippen molar-refractivity contribution in [2.24, 2.45) is 0 Å². The Morgan fingerprint density at radius 3 is 3.06 bits per heavy atom. The molecule has 0 saturated carbocycles. The maximum absolute atomic E-state index is 4.99. The van der Waals surface area contributed by atoms with Crippen LogP contribution in [0.15, 0.2) is 24.3 Å². The number of nitrogens with one attached hydrogen (secondary N) is 3. The molecule has 1 heterocycles. The molecule has 2 aromatic rings. The van der Waals surface area contributed by atoms with Crippen LogP contribution in [0, 0.1) is 0 Å². The van der Waals surface area contributed by atoms with E-state index in [4.69, 9.17) is 12.2 Å². The Balaban J connectivity index is 1.75. The monoisotopic (exact) mass is 280 g/mol. The third-order valence-electron chi connectivity index (χ3n) is 2.44. The number of H-pyrrole nitrogens is 1. The van der Waals surface area contributed by atoms with Crippen LogP contribution in [0.3, 0.4) is 0 Å². The van der Waals surface area contributed by atoms with E-state index in [1.54, 1.807) is 0 Å². The zero-order valence-electron chi connectivity index (χ0n) is 10.2. The second-order valence-corrected chi connectivity index (χ2v) is 5.27. The van der Waals surface area contributed by atoms with Gasteiger partial charge in [0.2, 0.25) is 0 Å². The molecule has 1 aromatic heterocycles. The highest BCUT2D eigenvalue weighted by molar-refractivity contribution is 7.98. The highest BCUT2D eigenvalue weighted by Gasteiger charge is 2.01. The van der Waals surface area contributed by atoms with Gasteiger partial charge in [-0.3, -0.25) is 0 Å². The predicted octanol–water partition coefficient (Wildman–Crippen LogP) is 1.89. The largest absolute Gasteiger partial charge is 0.366 e. The van der Waals surface area contributed by atoms with E-state index in [1.807, 2.05) is 43.1 Å². The van der Waals surface area contributed by atoms with Gasteiger partial charge in [0.1, 0.15) is 5.82 Å². The number of nitrogens with zero attached hydrogens (tertiary/aromatic N) is 1. The molecule has 0 radical (unpaired) electrons. The van der Waals surface area contributed by atoms with Crippen molar-refractivity contribution < 1.29 is 0 Å². The average molecular weight is 280 g/mol. The standard InChI is InChI=1S/C12H16N4S2/c1-13-12(17)14-6-7-18-8-11-15-9-4-2-3-5-10(9)16-11/h2-5H,6-8H2,1H3,(H,15,16)(H2,13,14,17). The zero-order valence-corrected chi connectivity index (χ0v) is 11.8. The van der Waals surface area contributed by atoms with Gasteiger partial charge in [-0.25, -0.2) is 4.98 Å². The number of thioether (sulfide) groups is 1. The number of aromatic amines is 1. The summed E-state index contributed by atoms with van der Waals surface area (Å²) in [5.74, 6) is 2.92. The zero-order chi connectivity index (χ0) is 12.8. The van der Waals surface area contributed by atoms with Crippen molar-refractivity contribution in [3.05, 3.63) is 30.1 Å². The summed E-state index contributed by atoms with van der Waals surface area (Å²) in [5, 5.41) is 6.69. The first-order valence-electron chi connectivity index (χ1n) is 5.76. The molecule has 0 atom stereocenters. The van der Waals surface area contributed by atoms with Gasteiger partial charge in [-0.2, -0.15) is 11.8 Å². The van der Waals surface area contributed by atoms with Gasteiger partial charge in [-0.05, 0) is 24.4 Å². The molecule has 0 aliphatic heterocycles. The van der Waals surface area contributed by atoms with Gasteiger partial charge in [-0.15, -0.1) is 0 Å². The van der Waals surface area contributed by atoms with Crippen LogP contribution >= 0.6 is 24.0 Å². The third-order valence-corrected chi connectivity index (χ3v) is 3.76. The molecule has 0 amide bonds. The smallest absolute Gasteiger partial charge is 0.166 e. The van der Waals surface area contributed by atoms with Gasteiger partial charge in [0.25, 0.3) is 0 Å². The first-order chi connectivity index (χ1) is 8.79. The highest BCUT2D eigenvalue weighted by atomic mass is 32.2. The van der Waals surface area contributed by atoms with Crippen molar-refractivity contribution >= 4 is 40.1 Å². The van der Waals surface area contributed by atoms with E-state index < -0.39 is 0 Å². The minimum atomic E-state index is 0.694. The summed E-state index contributed by atoms with van der Waals surface area (Å²) in [6.07, 6.45) is 0. The van der Waals surface area contributed by atoms with E-state index in [9.17, 15) is 0 Å². The van der Waals surface area contributed by atoms with Crippen LogP contribution in [0.4, 0.5) is 0 Å². The van der Waals surface area contributed by atoms with Crippen molar-refractivity contribution in [3.8, 4) is 0 Å². The summed E-state index contributed by atoms with van der Waals surface area (Å²) in [7, 11) is 1.82. The van der Waals surface area contributed by atoms with Crippen LogP contribution in [0.25, 0.3) is 11.0 Å². The number of para-hydroxylation sites is 2. The highest BCUT2D eigenvalue weighted by Crippen LogP contribution is 2.14. The molecule has 96 valence electrons. The first kappa shape index (κ1) is 13.2. The van der Waals surface area contributed by atoms with Gasteiger partial charge in [0.15, 0.2) is 5.11 Å². The normalized spacial score (nSPS) is 10.5. The number of rotatable bonds is 5. The first-order valence-corrected chi connectivity index (χ1v) is 7.33. The molecule has 0 fully saturated rings. The van der Waals surface area contributed by atoms with Crippen molar-refractivity contribution in [1.29, 1.82) is 0 Å². The molecule has 0 saturated heterocycles. The van der Waals surface area contributed by atoms with Crippen LogP contribution in [0.5, 0.6) is 0 Å². The lowest BCUT2D eigenvalue weighted by molar-refractivity contribution is 0.942.